The van der Waals surface area contributed by atoms with E-state index in [4.69, 9.17) is 0 Å². The lowest BCUT2D eigenvalue weighted by atomic mass is 9.95. The van der Waals surface area contributed by atoms with Crippen molar-refractivity contribution in [3.8, 4) is 0 Å². The molecule has 1 aromatic carbocycles. The molecule has 2 nitrogen and oxygen atoms in total. The number of rotatable bonds is 4. The van der Waals surface area contributed by atoms with Crippen LogP contribution in [0, 0.1) is 11.2 Å². The van der Waals surface area contributed by atoms with Gasteiger partial charge >= 0.3 is 0 Å². The second-order valence-corrected chi connectivity index (χ2v) is 6.60. The maximum absolute atomic E-state index is 12.9. The van der Waals surface area contributed by atoms with Gasteiger partial charge in [-0.1, -0.05) is 29.8 Å². The molecule has 4 heteroatoms. The number of benzene rings is 1. The van der Waals surface area contributed by atoms with Gasteiger partial charge in [0.05, 0.1) is 0 Å². The molecule has 0 amide bonds. The highest BCUT2D eigenvalue weighted by atomic mass is 79.9. The zero-order valence-corrected chi connectivity index (χ0v) is 13.3. The minimum absolute atomic E-state index is 0.165. The second-order valence-electron chi connectivity index (χ2n) is 6.04. The fraction of sp³-hybridized carbons (Fsp3) is 0.600. The molecule has 1 aliphatic rings. The molecule has 0 radical (unpaired) electrons. The standard InChI is InChI=1S/C15H22BrFN2/c1-15(2,11-16)12-18-7-9-19(10-8-18)14-5-3-13(17)4-6-14/h3-6H,7-12H2,1-2H3. The van der Waals surface area contributed by atoms with Gasteiger partial charge < -0.3 is 4.90 Å². The summed E-state index contributed by atoms with van der Waals surface area (Å²) in [4.78, 5) is 4.85. The lowest BCUT2D eigenvalue weighted by molar-refractivity contribution is 0.186. The molecule has 0 bridgehead atoms. The predicted molar refractivity (Wildman–Crippen MR) is 82.6 cm³/mol. The van der Waals surface area contributed by atoms with Crippen molar-refractivity contribution in [2.45, 2.75) is 13.8 Å². The van der Waals surface area contributed by atoms with E-state index in [1.54, 1.807) is 0 Å². The Balaban J connectivity index is 1.87. The average molecular weight is 329 g/mol. The highest BCUT2D eigenvalue weighted by Crippen LogP contribution is 2.22. The van der Waals surface area contributed by atoms with Crippen molar-refractivity contribution in [2.24, 2.45) is 5.41 Å². The van der Waals surface area contributed by atoms with Gasteiger partial charge in [-0.3, -0.25) is 4.90 Å². The van der Waals surface area contributed by atoms with E-state index in [-0.39, 0.29) is 5.82 Å². The number of alkyl halides is 1. The van der Waals surface area contributed by atoms with Crippen LogP contribution in [0.15, 0.2) is 24.3 Å². The van der Waals surface area contributed by atoms with E-state index in [1.165, 1.54) is 12.1 Å². The Hall–Kier alpha value is -0.610. The van der Waals surface area contributed by atoms with E-state index < -0.39 is 0 Å². The van der Waals surface area contributed by atoms with Crippen molar-refractivity contribution in [1.82, 2.24) is 4.90 Å². The Morgan fingerprint density at radius 3 is 2.21 bits per heavy atom. The summed E-state index contributed by atoms with van der Waals surface area (Å²) in [7, 11) is 0. The monoisotopic (exact) mass is 328 g/mol. The van der Waals surface area contributed by atoms with Crippen LogP contribution >= 0.6 is 15.9 Å². The molecule has 19 heavy (non-hydrogen) atoms. The van der Waals surface area contributed by atoms with Gasteiger partial charge in [0.15, 0.2) is 0 Å². The van der Waals surface area contributed by atoms with Crippen LogP contribution in [-0.4, -0.2) is 43.0 Å². The van der Waals surface area contributed by atoms with Gasteiger partial charge in [-0.05, 0) is 29.7 Å². The fourth-order valence-electron chi connectivity index (χ4n) is 2.46. The van der Waals surface area contributed by atoms with E-state index >= 15 is 0 Å². The van der Waals surface area contributed by atoms with E-state index in [0.29, 0.717) is 5.41 Å². The number of hydrogen-bond donors (Lipinski definition) is 0. The zero-order valence-electron chi connectivity index (χ0n) is 11.7. The molecular formula is C15H22BrFN2. The number of halogens is 2. The predicted octanol–water partition coefficient (Wildman–Crippen LogP) is 3.37. The molecule has 0 atom stereocenters. The Bertz CT molecular complexity index is 397. The number of anilines is 1. The molecule has 1 aliphatic heterocycles. The van der Waals surface area contributed by atoms with Gasteiger partial charge in [-0.25, -0.2) is 4.39 Å². The van der Waals surface area contributed by atoms with Crippen LogP contribution in [0.5, 0.6) is 0 Å². The van der Waals surface area contributed by atoms with Gasteiger partial charge in [0.2, 0.25) is 0 Å². The van der Waals surface area contributed by atoms with Crippen LogP contribution in [0.4, 0.5) is 10.1 Å². The minimum Gasteiger partial charge on any atom is -0.369 e. The zero-order chi connectivity index (χ0) is 13.9. The van der Waals surface area contributed by atoms with Crippen LogP contribution in [0.2, 0.25) is 0 Å². The van der Waals surface area contributed by atoms with Crippen LogP contribution < -0.4 is 4.90 Å². The summed E-state index contributed by atoms with van der Waals surface area (Å²) in [5.41, 5.74) is 1.44. The van der Waals surface area contributed by atoms with Crippen LogP contribution in [-0.2, 0) is 0 Å². The molecule has 1 fully saturated rings. The first-order valence-corrected chi connectivity index (χ1v) is 7.91. The molecule has 0 saturated carbocycles. The number of nitrogens with zero attached hydrogens (tertiary/aromatic N) is 2. The Morgan fingerprint density at radius 2 is 1.68 bits per heavy atom. The summed E-state index contributed by atoms with van der Waals surface area (Å²) in [6, 6.07) is 6.81. The van der Waals surface area contributed by atoms with E-state index in [2.05, 4.69) is 39.6 Å². The molecule has 1 saturated heterocycles. The Kier molecular flexibility index (Phi) is 4.85. The molecule has 1 heterocycles. The normalized spacial score (nSPS) is 17.8. The summed E-state index contributed by atoms with van der Waals surface area (Å²) in [5.74, 6) is -0.165. The SMILES string of the molecule is CC(C)(CBr)CN1CCN(c2ccc(F)cc2)CC1. The fourth-order valence-corrected chi connectivity index (χ4v) is 2.64. The van der Waals surface area contributed by atoms with Crippen molar-refractivity contribution in [3.63, 3.8) is 0 Å². The lowest BCUT2D eigenvalue weighted by Gasteiger charge is -2.39. The topological polar surface area (TPSA) is 6.48 Å². The molecule has 0 N–H and O–H groups in total. The smallest absolute Gasteiger partial charge is 0.123 e. The van der Waals surface area contributed by atoms with Crippen LogP contribution in [0.25, 0.3) is 0 Å². The molecule has 106 valence electrons. The van der Waals surface area contributed by atoms with Crippen molar-refractivity contribution < 1.29 is 4.39 Å². The van der Waals surface area contributed by atoms with E-state index in [0.717, 1.165) is 43.7 Å². The minimum atomic E-state index is -0.165. The summed E-state index contributed by atoms with van der Waals surface area (Å²) < 4.78 is 12.9. The summed E-state index contributed by atoms with van der Waals surface area (Å²) >= 11 is 3.58. The van der Waals surface area contributed by atoms with Crippen LogP contribution in [0.3, 0.4) is 0 Å². The van der Waals surface area contributed by atoms with E-state index in [9.17, 15) is 4.39 Å². The highest BCUT2D eigenvalue weighted by molar-refractivity contribution is 9.09. The molecular weight excluding hydrogens is 307 g/mol. The first kappa shape index (κ1) is 14.8. The van der Waals surface area contributed by atoms with Gasteiger partial charge in [-0.15, -0.1) is 0 Å². The molecule has 1 aromatic rings. The van der Waals surface area contributed by atoms with Gasteiger partial charge in [0.25, 0.3) is 0 Å². The van der Waals surface area contributed by atoms with Gasteiger partial charge in [0, 0.05) is 43.7 Å². The molecule has 2 rings (SSSR count). The third kappa shape index (κ3) is 4.18. The average Bonchev–Trinajstić information content (AvgIpc) is 2.40. The Morgan fingerprint density at radius 1 is 1.11 bits per heavy atom. The summed E-state index contributed by atoms with van der Waals surface area (Å²) in [6.45, 7) is 9.88. The third-order valence-corrected chi connectivity index (χ3v) is 5.10. The number of hydrogen-bond acceptors (Lipinski definition) is 2. The second kappa shape index (κ2) is 6.23. The molecule has 0 spiro atoms. The molecule has 0 unspecified atom stereocenters. The lowest BCUT2D eigenvalue weighted by Crippen LogP contribution is -2.49. The maximum atomic E-state index is 12.9. The summed E-state index contributed by atoms with van der Waals surface area (Å²) in [5, 5.41) is 1.03. The number of piperazine rings is 1. The first-order chi connectivity index (χ1) is 9.00. The largest absolute Gasteiger partial charge is 0.369 e. The van der Waals surface area contributed by atoms with E-state index in [1.807, 2.05) is 12.1 Å². The molecule has 0 aliphatic carbocycles. The molecule has 0 aromatic heterocycles. The highest BCUT2D eigenvalue weighted by Gasteiger charge is 2.24. The van der Waals surface area contributed by atoms with Gasteiger partial charge in [-0.2, -0.15) is 0 Å². The van der Waals surface area contributed by atoms with Gasteiger partial charge in [0.1, 0.15) is 5.82 Å². The quantitative estimate of drug-likeness (QED) is 0.782. The first-order valence-electron chi connectivity index (χ1n) is 6.79. The van der Waals surface area contributed by atoms with Crippen molar-refractivity contribution in [3.05, 3.63) is 30.1 Å². The van der Waals surface area contributed by atoms with Crippen molar-refractivity contribution >= 4 is 21.6 Å². The summed E-state index contributed by atoms with van der Waals surface area (Å²) in [6.07, 6.45) is 0. The third-order valence-electron chi connectivity index (χ3n) is 3.58. The van der Waals surface area contributed by atoms with Crippen molar-refractivity contribution in [1.29, 1.82) is 0 Å². The van der Waals surface area contributed by atoms with Crippen molar-refractivity contribution in [2.75, 3.05) is 43.0 Å². The Labute approximate surface area is 123 Å². The maximum Gasteiger partial charge on any atom is 0.123 e. The van der Waals surface area contributed by atoms with Crippen LogP contribution in [0.1, 0.15) is 13.8 Å².